The Labute approximate surface area is 249 Å². The molecule has 4 aliphatic rings. The molecule has 3 N–H and O–H groups in total. The minimum absolute atomic E-state index is 0.0498. The maximum atomic E-state index is 12.4. The van der Waals surface area contributed by atoms with E-state index in [0.29, 0.717) is 28.8 Å². The maximum Gasteiger partial charge on any atom is 0.338 e. The highest BCUT2D eigenvalue weighted by Gasteiger charge is 2.44. The summed E-state index contributed by atoms with van der Waals surface area (Å²) in [6.45, 7) is 6.95. The maximum absolute atomic E-state index is 12.4. The van der Waals surface area contributed by atoms with Gasteiger partial charge in [-0.1, -0.05) is 42.4 Å². The van der Waals surface area contributed by atoms with Crippen LogP contribution in [0.5, 0.6) is 0 Å². The second kappa shape index (κ2) is 11.1. The fourth-order valence-electron chi connectivity index (χ4n) is 6.42. The number of hydrogen-bond acceptors (Lipinski definition) is 11. The molecule has 3 atom stereocenters. The van der Waals surface area contributed by atoms with Crippen molar-refractivity contribution in [1.82, 2.24) is 25.0 Å². The quantitative estimate of drug-likeness (QED) is 0.247. The van der Waals surface area contributed by atoms with Crippen LogP contribution in [0.1, 0.15) is 72.4 Å². The summed E-state index contributed by atoms with van der Waals surface area (Å²) < 4.78 is 11.3. The van der Waals surface area contributed by atoms with Crippen LogP contribution >= 0.6 is 0 Å². The van der Waals surface area contributed by atoms with Gasteiger partial charge in [-0.25, -0.2) is 9.78 Å². The van der Waals surface area contributed by atoms with Crippen LogP contribution in [0.2, 0.25) is 0 Å². The molecule has 0 unspecified atom stereocenters. The van der Waals surface area contributed by atoms with E-state index in [-0.39, 0.29) is 30.0 Å². The van der Waals surface area contributed by atoms with Crippen LogP contribution in [0.3, 0.4) is 0 Å². The van der Waals surface area contributed by atoms with Gasteiger partial charge in [0.15, 0.2) is 5.82 Å². The summed E-state index contributed by atoms with van der Waals surface area (Å²) >= 11 is 0. The third-order valence-electron chi connectivity index (χ3n) is 9.35. The molecule has 0 saturated carbocycles. The van der Waals surface area contributed by atoms with Gasteiger partial charge in [-0.2, -0.15) is 9.97 Å². The Kier molecular flexibility index (Phi) is 7.06. The van der Waals surface area contributed by atoms with E-state index >= 15 is 0 Å². The molecule has 0 amide bonds. The van der Waals surface area contributed by atoms with Crippen molar-refractivity contribution in [3.8, 4) is 11.5 Å². The molecule has 11 heteroatoms. The summed E-state index contributed by atoms with van der Waals surface area (Å²) in [4.78, 5) is 29.2. The van der Waals surface area contributed by atoms with Gasteiger partial charge < -0.3 is 29.9 Å². The van der Waals surface area contributed by atoms with Crippen molar-refractivity contribution in [1.29, 1.82) is 0 Å². The number of anilines is 3. The Bertz CT molecular complexity index is 1620. The fraction of sp³-hybridized carbons (Fsp3) is 0.406. The molecule has 4 aromatic rings. The van der Waals surface area contributed by atoms with Crippen molar-refractivity contribution in [3.63, 3.8) is 0 Å². The Morgan fingerprint density at radius 2 is 1.81 bits per heavy atom. The molecule has 0 radical (unpaired) electrons. The Morgan fingerprint density at radius 1 is 1.05 bits per heavy atom. The first-order valence-electron chi connectivity index (χ1n) is 14.9. The van der Waals surface area contributed by atoms with Gasteiger partial charge in [-0.05, 0) is 75.1 Å². The highest BCUT2D eigenvalue weighted by atomic mass is 16.5. The predicted octanol–water partition coefficient (Wildman–Crippen LogP) is 4.82. The molecule has 2 aromatic heterocycles. The van der Waals surface area contributed by atoms with Crippen molar-refractivity contribution < 1.29 is 19.2 Å². The van der Waals surface area contributed by atoms with Gasteiger partial charge >= 0.3 is 5.97 Å². The molecule has 2 aromatic carbocycles. The van der Waals surface area contributed by atoms with Gasteiger partial charge in [0, 0.05) is 23.2 Å². The average Bonchev–Trinajstić information content (AvgIpc) is 3.55. The van der Waals surface area contributed by atoms with Crippen LogP contribution in [0.25, 0.3) is 11.5 Å². The lowest BCUT2D eigenvalue weighted by molar-refractivity contribution is 0.0241. The second-order valence-corrected chi connectivity index (χ2v) is 11.9. The first-order chi connectivity index (χ1) is 20.9. The van der Waals surface area contributed by atoms with E-state index in [1.54, 1.807) is 12.3 Å². The molecule has 0 spiro atoms. The minimum atomic E-state index is -0.427. The number of cyclic esters (lactones) is 1. The van der Waals surface area contributed by atoms with Crippen LogP contribution < -0.4 is 10.6 Å². The van der Waals surface area contributed by atoms with Gasteiger partial charge in [0.05, 0.1) is 18.2 Å². The van der Waals surface area contributed by atoms with Crippen molar-refractivity contribution in [2.24, 2.45) is 0 Å². The van der Waals surface area contributed by atoms with Gasteiger partial charge in [0.2, 0.25) is 5.95 Å². The Balaban J connectivity index is 1.23. The van der Waals surface area contributed by atoms with Crippen LogP contribution in [0.15, 0.2) is 59.3 Å². The highest BCUT2D eigenvalue weighted by molar-refractivity contribution is 5.93. The number of nitrogens with zero attached hydrogens (tertiary/aromatic N) is 5. The monoisotopic (exact) mass is 581 g/mol. The molecule has 8 rings (SSSR count). The van der Waals surface area contributed by atoms with Crippen LogP contribution in [0, 0.1) is 0 Å². The van der Waals surface area contributed by atoms with Gasteiger partial charge in [-0.3, -0.25) is 0 Å². The van der Waals surface area contributed by atoms with Gasteiger partial charge in [-0.15, -0.1) is 0 Å². The summed E-state index contributed by atoms with van der Waals surface area (Å²) in [5.41, 5.74) is 3.64. The number of aliphatic hydroxyl groups excluding tert-OH is 1. The Morgan fingerprint density at radius 3 is 2.56 bits per heavy atom. The molecule has 43 heavy (non-hydrogen) atoms. The Hall–Kier alpha value is -4.35. The van der Waals surface area contributed by atoms with Crippen LogP contribution in [-0.2, 0) is 10.2 Å². The molecule has 6 heterocycles. The predicted molar refractivity (Wildman–Crippen MR) is 160 cm³/mol. The van der Waals surface area contributed by atoms with Crippen LogP contribution in [-0.4, -0.2) is 68.4 Å². The second-order valence-electron chi connectivity index (χ2n) is 11.9. The highest BCUT2D eigenvalue weighted by Crippen LogP contribution is 2.42. The van der Waals surface area contributed by atoms with E-state index in [0.717, 1.165) is 61.5 Å². The lowest BCUT2D eigenvalue weighted by atomic mass is 9.71. The number of carbonyl (C=O) groups excluding carboxylic acids is 1. The van der Waals surface area contributed by atoms with E-state index in [2.05, 4.69) is 25.7 Å². The van der Waals surface area contributed by atoms with E-state index in [4.69, 9.17) is 19.2 Å². The molecule has 3 fully saturated rings. The van der Waals surface area contributed by atoms with E-state index in [1.807, 2.05) is 56.3 Å². The SMILES string of the molecule is C[C@@H]1OC(=O)c2ccc(Nc3ncc(-c4nc(C56CCN(CC5)CC6)no4)c(N[C@H](CO)c4ccccc4)n3)cc2[C@H]1C. The topological polar surface area (TPSA) is 139 Å². The molecular formula is C32H35N7O4. The van der Waals surface area contributed by atoms with Crippen molar-refractivity contribution in [2.75, 3.05) is 36.9 Å². The third kappa shape index (κ3) is 5.12. The number of aromatic nitrogens is 4. The number of ether oxygens (including phenoxy) is 1. The summed E-state index contributed by atoms with van der Waals surface area (Å²) in [6.07, 6.45) is 4.51. The zero-order valence-electron chi connectivity index (χ0n) is 24.3. The summed E-state index contributed by atoms with van der Waals surface area (Å²) in [7, 11) is 0. The van der Waals surface area contributed by atoms with Crippen LogP contribution in [0.4, 0.5) is 17.5 Å². The molecule has 11 nitrogen and oxygen atoms in total. The van der Waals surface area contributed by atoms with E-state index in [9.17, 15) is 9.90 Å². The average molecular weight is 582 g/mol. The van der Waals surface area contributed by atoms with Crippen molar-refractivity contribution in [2.45, 2.75) is 56.6 Å². The number of rotatable bonds is 8. The number of benzene rings is 2. The van der Waals surface area contributed by atoms with E-state index < -0.39 is 6.04 Å². The molecule has 4 aliphatic heterocycles. The van der Waals surface area contributed by atoms with E-state index in [1.165, 1.54) is 0 Å². The number of fused-ring (bicyclic) bond motifs is 4. The van der Waals surface area contributed by atoms with Crippen molar-refractivity contribution in [3.05, 3.63) is 77.2 Å². The first kappa shape index (κ1) is 27.5. The zero-order valence-corrected chi connectivity index (χ0v) is 24.3. The largest absolute Gasteiger partial charge is 0.458 e. The lowest BCUT2D eigenvalue weighted by Crippen LogP contribution is -2.51. The molecule has 222 valence electrons. The molecular weight excluding hydrogens is 546 g/mol. The summed E-state index contributed by atoms with van der Waals surface area (Å²) in [5.74, 6) is 1.61. The first-order valence-corrected chi connectivity index (χ1v) is 14.9. The van der Waals surface area contributed by atoms with Gasteiger partial charge in [0.25, 0.3) is 5.89 Å². The zero-order chi connectivity index (χ0) is 29.6. The summed E-state index contributed by atoms with van der Waals surface area (Å²) in [6, 6.07) is 14.8. The number of hydrogen-bond donors (Lipinski definition) is 3. The number of aliphatic hydroxyl groups is 1. The lowest BCUT2D eigenvalue weighted by Gasteiger charge is -2.46. The van der Waals surface area contributed by atoms with Crippen molar-refractivity contribution >= 4 is 23.4 Å². The summed E-state index contributed by atoms with van der Waals surface area (Å²) in [5, 5.41) is 21.4. The molecule has 2 bridgehead atoms. The third-order valence-corrected chi connectivity index (χ3v) is 9.35. The molecule has 0 aliphatic carbocycles. The van der Waals surface area contributed by atoms with Gasteiger partial charge in [0.1, 0.15) is 17.5 Å². The molecule has 3 saturated heterocycles. The normalized spacial score (nSPS) is 25.1. The number of esters is 1. The fourth-order valence-corrected chi connectivity index (χ4v) is 6.42. The number of nitrogens with one attached hydrogen (secondary N) is 2. The number of piperidine rings is 3. The standard InChI is InChI=1S/C32H35N7O4/c1-19-20(2)42-29(41)23-9-8-22(16-24(19)23)34-31-33-17-25(27(36-31)35-26(18-40)21-6-4-3-5-7-21)28-37-30(38-43-28)32-10-13-39(14-11-32)15-12-32/h3-9,16-17,19-20,26,40H,10-15,18H2,1-2H3,(H2,33,34,35,36)/t19-,20-,26+/m0/s1. The number of carbonyl (C=O) groups is 1. The minimum Gasteiger partial charge on any atom is -0.458 e. The smallest absolute Gasteiger partial charge is 0.338 e.